The molecule has 0 saturated heterocycles. The number of hydrogen-bond acceptors (Lipinski definition) is 4. The van der Waals surface area contributed by atoms with E-state index in [-0.39, 0.29) is 5.91 Å². The average Bonchev–Trinajstić information content (AvgIpc) is 2.09. The zero-order valence-electron chi connectivity index (χ0n) is 6.87. The van der Waals surface area contributed by atoms with E-state index in [0.29, 0.717) is 11.0 Å². The second-order valence-electron chi connectivity index (χ2n) is 2.17. The Balaban J connectivity index is 2.94. The van der Waals surface area contributed by atoms with E-state index in [4.69, 9.17) is 5.73 Å². The second kappa shape index (κ2) is 3.68. The lowest BCUT2D eigenvalue weighted by atomic mass is 10.2. The molecule has 1 aliphatic rings. The Morgan fingerprint density at radius 1 is 1.75 bits per heavy atom. The van der Waals surface area contributed by atoms with Crippen molar-refractivity contribution in [1.82, 2.24) is 5.32 Å². The molecular weight excluding hydrogens is 176 g/mol. The largest absolute Gasteiger partial charge is 0.314 e. The maximum atomic E-state index is 11.1. The van der Waals surface area contributed by atoms with E-state index in [1.165, 1.54) is 11.8 Å². The molecule has 1 rings (SSSR count). The molecule has 0 bridgehead atoms. The fourth-order valence-corrected chi connectivity index (χ4v) is 1.18. The van der Waals surface area contributed by atoms with Gasteiger partial charge in [-0.3, -0.25) is 9.79 Å². The molecule has 1 amide bonds. The zero-order valence-corrected chi connectivity index (χ0v) is 7.68. The number of carbonyl (C=O) groups is 1. The number of rotatable bonds is 0. The molecule has 0 aliphatic carbocycles. The number of amides is 1. The van der Waals surface area contributed by atoms with Crippen molar-refractivity contribution in [2.45, 2.75) is 6.04 Å². The van der Waals surface area contributed by atoms with Crippen LogP contribution in [0, 0.1) is 0 Å². The van der Waals surface area contributed by atoms with Crippen molar-refractivity contribution in [2.24, 2.45) is 15.7 Å². The molecule has 12 heavy (non-hydrogen) atoms. The first-order valence-corrected chi connectivity index (χ1v) is 4.57. The highest BCUT2D eigenvalue weighted by Crippen LogP contribution is 2.03. The number of nitrogens with zero attached hydrogens (tertiary/aromatic N) is 2. The van der Waals surface area contributed by atoms with Gasteiger partial charge in [-0.05, 0) is 6.26 Å². The van der Waals surface area contributed by atoms with Crippen LogP contribution in [0.25, 0.3) is 0 Å². The molecule has 3 N–H and O–H groups in total. The molecule has 1 atom stereocenters. The summed E-state index contributed by atoms with van der Waals surface area (Å²) in [7, 11) is 1.56. The number of nitrogens with two attached hydrogens (primary N) is 1. The number of nitrogens with one attached hydrogen (secondary N) is 1. The Bertz CT molecular complexity index is 260. The van der Waals surface area contributed by atoms with Crippen LogP contribution in [0.1, 0.15) is 0 Å². The number of thioether (sulfide) groups is 1. The highest BCUT2D eigenvalue weighted by molar-refractivity contribution is 8.13. The van der Waals surface area contributed by atoms with Crippen molar-refractivity contribution in [3.05, 3.63) is 0 Å². The third kappa shape index (κ3) is 1.64. The minimum absolute atomic E-state index is 0.255. The lowest BCUT2D eigenvalue weighted by Gasteiger charge is -2.17. The fourth-order valence-electron chi connectivity index (χ4n) is 0.788. The van der Waals surface area contributed by atoms with Gasteiger partial charge in [0.15, 0.2) is 11.0 Å². The predicted octanol–water partition coefficient (Wildman–Crippen LogP) is -0.809. The summed E-state index contributed by atoms with van der Waals surface area (Å²) in [6.45, 7) is 0. The Hall–Kier alpha value is -0.880. The van der Waals surface area contributed by atoms with Crippen LogP contribution < -0.4 is 11.1 Å². The molecule has 1 aliphatic heterocycles. The lowest BCUT2D eigenvalue weighted by molar-refractivity contribution is -0.119. The van der Waals surface area contributed by atoms with Crippen molar-refractivity contribution in [3.63, 3.8) is 0 Å². The van der Waals surface area contributed by atoms with Crippen LogP contribution in [0.3, 0.4) is 0 Å². The molecule has 0 aromatic carbocycles. The summed E-state index contributed by atoms with van der Waals surface area (Å²) in [6.07, 6.45) is 1.82. The van der Waals surface area contributed by atoms with E-state index in [9.17, 15) is 4.79 Å². The van der Waals surface area contributed by atoms with E-state index in [1.54, 1.807) is 7.05 Å². The van der Waals surface area contributed by atoms with E-state index >= 15 is 0 Å². The SMILES string of the molecule is CN=C1N=C(SC)NC(=O)C1N. The summed E-state index contributed by atoms with van der Waals surface area (Å²) in [4.78, 5) is 19.0. The van der Waals surface area contributed by atoms with Crippen LogP contribution in [-0.4, -0.2) is 36.3 Å². The van der Waals surface area contributed by atoms with Gasteiger partial charge in [0.05, 0.1) is 0 Å². The molecule has 0 aromatic rings. The van der Waals surface area contributed by atoms with Crippen molar-refractivity contribution in [1.29, 1.82) is 0 Å². The smallest absolute Gasteiger partial charge is 0.250 e. The molecule has 5 nitrogen and oxygen atoms in total. The third-order valence-electron chi connectivity index (χ3n) is 1.43. The van der Waals surface area contributed by atoms with Crippen LogP contribution >= 0.6 is 11.8 Å². The van der Waals surface area contributed by atoms with Crippen LogP contribution in [0.15, 0.2) is 9.98 Å². The first-order valence-electron chi connectivity index (χ1n) is 3.35. The summed E-state index contributed by atoms with van der Waals surface area (Å²) < 4.78 is 0. The number of carbonyl (C=O) groups excluding carboxylic acids is 1. The first-order chi connectivity index (χ1) is 5.69. The normalized spacial score (nSPS) is 26.9. The van der Waals surface area contributed by atoms with Gasteiger partial charge in [-0.15, -0.1) is 0 Å². The van der Waals surface area contributed by atoms with Gasteiger partial charge in [0.25, 0.3) is 5.91 Å². The standard InChI is InChI=1S/C6H10N4OS/c1-8-4-3(7)5(11)10-6(9-4)12-2/h3H,7H2,1-2H3,(H,8,9,10,11). The summed E-state index contributed by atoms with van der Waals surface area (Å²) in [5.41, 5.74) is 5.49. The van der Waals surface area contributed by atoms with E-state index < -0.39 is 6.04 Å². The maximum absolute atomic E-state index is 11.1. The van der Waals surface area contributed by atoms with Gasteiger partial charge in [0, 0.05) is 7.05 Å². The fraction of sp³-hybridized carbons (Fsp3) is 0.500. The third-order valence-corrected chi connectivity index (χ3v) is 2.01. The van der Waals surface area contributed by atoms with Gasteiger partial charge in [-0.1, -0.05) is 11.8 Å². The second-order valence-corrected chi connectivity index (χ2v) is 2.96. The molecular formula is C6H10N4OS. The van der Waals surface area contributed by atoms with Gasteiger partial charge in [-0.25, -0.2) is 4.99 Å². The zero-order chi connectivity index (χ0) is 9.14. The molecule has 0 aromatic heterocycles. The highest BCUT2D eigenvalue weighted by atomic mass is 32.2. The minimum Gasteiger partial charge on any atom is -0.314 e. The quantitative estimate of drug-likeness (QED) is 0.519. The van der Waals surface area contributed by atoms with Crippen molar-refractivity contribution in [3.8, 4) is 0 Å². The van der Waals surface area contributed by atoms with Crippen molar-refractivity contribution < 1.29 is 4.79 Å². The number of hydrogen-bond donors (Lipinski definition) is 2. The highest BCUT2D eigenvalue weighted by Gasteiger charge is 2.25. The molecule has 6 heteroatoms. The summed E-state index contributed by atoms with van der Waals surface area (Å²) in [5.74, 6) is 0.123. The molecule has 66 valence electrons. The molecule has 0 spiro atoms. The Morgan fingerprint density at radius 2 is 2.42 bits per heavy atom. The number of aliphatic imine (C=N–C) groups is 2. The molecule has 1 unspecified atom stereocenters. The summed E-state index contributed by atoms with van der Waals surface area (Å²) in [6, 6.07) is -0.731. The van der Waals surface area contributed by atoms with E-state index in [0.717, 1.165) is 0 Å². The maximum Gasteiger partial charge on any atom is 0.250 e. The lowest BCUT2D eigenvalue weighted by Crippen LogP contribution is -2.51. The molecule has 0 radical (unpaired) electrons. The van der Waals surface area contributed by atoms with Crippen molar-refractivity contribution >= 4 is 28.7 Å². The summed E-state index contributed by atoms with van der Waals surface area (Å²) in [5, 5.41) is 3.09. The van der Waals surface area contributed by atoms with Crippen LogP contribution in [0.4, 0.5) is 0 Å². The molecule has 0 fully saturated rings. The monoisotopic (exact) mass is 186 g/mol. The Morgan fingerprint density at radius 3 is 2.92 bits per heavy atom. The van der Waals surface area contributed by atoms with Crippen LogP contribution in [-0.2, 0) is 4.79 Å². The Kier molecular flexibility index (Phi) is 2.83. The minimum atomic E-state index is -0.731. The van der Waals surface area contributed by atoms with Crippen LogP contribution in [0.2, 0.25) is 0 Å². The molecule has 0 saturated carbocycles. The van der Waals surface area contributed by atoms with Gasteiger partial charge >= 0.3 is 0 Å². The first kappa shape index (κ1) is 9.21. The molecule has 1 heterocycles. The predicted molar refractivity (Wildman–Crippen MR) is 50.4 cm³/mol. The van der Waals surface area contributed by atoms with Crippen LogP contribution in [0.5, 0.6) is 0 Å². The van der Waals surface area contributed by atoms with Crippen molar-refractivity contribution in [2.75, 3.05) is 13.3 Å². The van der Waals surface area contributed by atoms with Gasteiger partial charge in [0.1, 0.15) is 6.04 Å². The summed E-state index contributed by atoms with van der Waals surface area (Å²) >= 11 is 1.35. The average molecular weight is 186 g/mol. The van der Waals surface area contributed by atoms with Gasteiger partial charge in [-0.2, -0.15) is 0 Å². The number of amidine groups is 2. The Labute approximate surface area is 74.5 Å². The van der Waals surface area contributed by atoms with Gasteiger partial charge < -0.3 is 11.1 Å². The van der Waals surface area contributed by atoms with Gasteiger partial charge in [0.2, 0.25) is 0 Å². The topological polar surface area (TPSA) is 79.8 Å². The van der Waals surface area contributed by atoms with E-state index in [2.05, 4.69) is 15.3 Å². The van der Waals surface area contributed by atoms with E-state index in [1.807, 2.05) is 6.26 Å².